The molecule has 0 radical (unpaired) electrons. The van der Waals surface area contributed by atoms with Crippen molar-refractivity contribution >= 4 is 17.3 Å². The van der Waals surface area contributed by atoms with E-state index in [1.807, 2.05) is 0 Å². The zero-order valence-corrected chi connectivity index (χ0v) is 8.27. The Kier molecular flexibility index (Phi) is 2.60. The number of ether oxygens (including phenoxy) is 1. The van der Waals surface area contributed by atoms with Crippen LogP contribution in [-0.4, -0.2) is 11.7 Å². The van der Waals surface area contributed by atoms with Gasteiger partial charge in [-0.1, -0.05) is 24.3 Å². The number of thiocarbonyl (C=S) groups is 1. The van der Waals surface area contributed by atoms with Crippen molar-refractivity contribution in [3.63, 3.8) is 0 Å². The van der Waals surface area contributed by atoms with Gasteiger partial charge in [-0.05, 0) is 29.8 Å². The first-order chi connectivity index (χ1) is 6.36. The van der Waals surface area contributed by atoms with Crippen molar-refractivity contribution in [3.8, 4) is 0 Å². The summed E-state index contributed by atoms with van der Waals surface area (Å²) in [6, 6.07) is 8.53. The van der Waals surface area contributed by atoms with E-state index in [2.05, 4.69) is 24.3 Å². The standard InChI is InChI=1S/C11H12OS/c13-11-6-5-9-3-1-2-4-10(9)7-8-12-11/h1-4H,5-8H2. The largest absolute Gasteiger partial charge is 0.487 e. The van der Waals surface area contributed by atoms with Crippen LogP contribution < -0.4 is 0 Å². The Morgan fingerprint density at radius 1 is 1.00 bits per heavy atom. The molecule has 0 aliphatic carbocycles. The molecule has 0 unspecified atom stereocenters. The Hall–Kier alpha value is -0.890. The van der Waals surface area contributed by atoms with E-state index in [9.17, 15) is 0 Å². The van der Waals surface area contributed by atoms with Gasteiger partial charge in [-0.2, -0.15) is 0 Å². The van der Waals surface area contributed by atoms with Crippen LogP contribution in [0.25, 0.3) is 0 Å². The van der Waals surface area contributed by atoms with Gasteiger partial charge in [0.25, 0.3) is 0 Å². The molecule has 13 heavy (non-hydrogen) atoms. The van der Waals surface area contributed by atoms with E-state index < -0.39 is 0 Å². The van der Waals surface area contributed by atoms with Crippen LogP contribution in [0, 0.1) is 0 Å². The van der Waals surface area contributed by atoms with E-state index in [1.54, 1.807) is 0 Å². The van der Waals surface area contributed by atoms with Crippen molar-refractivity contribution in [2.45, 2.75) is 19.3 Å². The Labute approximate surface area is 83.7 Å². The Morgan fingerprint density at radius 3 is 2.46 bits per heavy atom. The van der Waals surface area contributed by atoms with Gasteiger partial charge in [-0.25, -0.2) is 0 Å². The molecule has 0 bridgehead atoms. The van der Waals surface area contributed by atoms with E-state index in [1.165, 1.54) is 11.1 Å². The van der Waals surface area contributed by atoms with Gasteiger partial charge in [-0.3, -0.25) is 0 Å². The molecular weight excluding hydrogens is 180 g/mol. The van der Waals surface area contributed by atoms with Crippen molar-refractivity contribution in [1.29, 1.82) is 0 Å². The lowest BCUT2D eigenvalue weighted by Crippen LogP contribution is -2.11. The molecule has 0 spiro atoms. The van der Waals surface area contributed by atoms with Crippen molar-refractivity contribution in [2.24, 2.45) is 0 Å². The van der Waals surface area contributed by atoms with Crippen LogP contribution in [-0.2, 0) is 17.6 Å². The lowest BCUT2D eigenvalue weighted by atomic mass is 10.0. The Bertz CT molecular complexity index is 320. The van der Waals surface area contributed by atoms with Gasteiger partial charge < -0.3 is 4.74 Å². The molecule has 0 atom stereocenters. The maximum absolute atomic E-state index is 5.37. The molecule has 1 aliphatic heterocycles. The fraction of sp³-hybridized carbons (Fsp3) is 0.364. The molecule has 1 aromatic rings. The van der Waals surface area contributed by atoms with Crippen molar-refractivity contribution in [2.75, 3.05) is 6.61 Å². The predicted molar refractivity (Wildman–Crippen MR) is 57.0 cm³/mol. The van der Waals surface area contributed by atoms with E-state index in [0.29, 0.717) is 0 Å². The summed E-state index contributed by atoms with van der Waals surface area (Å²) in [7, 11) is 0. The number of hydrogen-bond acceptors (Lipinski definition) is 2. The number of rotatable bonds is 0. The normalized spacial score (nSPS) is 16.8. The van der Waals surface area contributed by atoms with Gasteiger partial charge in [0.05, 0.1) is 6.61 Å². The number of fused-ring (bicyclic) bond motifs is 1. The molecule has 1 nitrogen and oxygen atoms in total. The van der Waals surface area contributed by atoms with Gasteiger partial charge >= 0.3 is 0 Å². The van der Waals surface area contributed by atoms with Crippen LogP contribution >= 0.6 is 12.2 Å². The molecule has 0 saturated heterocycles. The van der Waals surface area contributed by atoms with Crippen molar-refractivity contribution < 1.29 is 4.74 Å². The first-order valence-corrected chi connectivity index (χ1v) is 4.99. The lowest BCUT2D eigenvalue weighted by Gasteiger charge is -2.14. The van der Waals surface area contributed by atoms with Gasteiger partial charge in [0.1, 0.15) is 0 Å². The summed E-state index contributed by atoms with van der Waals surface area (Å²) in [6.07, 6.45) is 2.89. The smallest absolute Gasteiger partial charge is 0.160 e. The van der Waals surface area contributed by atoms with Crippen LogP contribution in [0.15, 0.2) is 24.3 Å². The second-order valence-electron chi connectivity index (χ2n) is 3.24. The minimum absolute atomic E-state index is 0.732. The zero-order valence-electron chi connectivity index (χ0n) is 7.45. The summed E-state index contributed by atoms with van der Waals surface area (Å²) in [5.74, 6) is 0. The molecule has 1 aromatic carbocycles. The molecule has 0 amide bonds. The first kappa shape index (κ1) is 8.70. The first-order valence-electron chi connectivity index (χ1n) is 4.58. The molecule has 1 aliphatic rings. The zero-order chi connectivity index (χ0) is 9.10. The van der Waals surface area contributed by atoms with E-state index >= 15 is 0 Å². The third kappa shape index (κ3) is 2.07. The molecule has 68 valence electrons. The highest BCUT2D eigenvalue weighted by atomic mass is 32.1. The summed E-state index contributed by atoms with van der Waals surface area (Å²) in [5, 5.41) is 0.759. The minimum Gasteiger partial charge on any atom is -0.487 e. The average Bonchev–Trinajstić information content (AvgIpc) is 2.13. The van der Waals surface area contributed by atoms with Crippen LogP contribution in [0.1, 0.15) is 17.5 Å². The Balaban J connectivity index is 2.24. The summed E-state index contributed by atoms with van der Waals surface area (Å²) in [4.78, 5) is 0. The highest BCUT2D eigenvalue weighted by molar-refractivity contribution is 7.80. The van der Waals surface area contributed by atoms with Gasteiger partial charge in [0.15, 0.2) is 5.05 Å². The maximum Gasteiger partial charge on any atom is 0.160 e. The molecule has 0 saturated carbocycles. The van der Waals surface area contributed by atoms with Crippen molar-refractivity contribution in [3.05, 3.63) is 35.4 Å². The summed E-state index contributed by atoms with van der Waals surface area (Å²) < 4.78 is 5.37. The second kappa shape index (κ2) is 3.88. The molecule has 2 heteroatoms. The van der Waals surface area contributed by atoms with Gasteiger partial charge in [0.2, 0.25) is 0 Å². The van der Waals surface area contributed by atoms with Crippen molar-refractivity contribution in [1.82, 2.24) is 0 Å². The van der Waals surface area contributed by atoms with E-state index in [-0.39, 0.29) is 0 Å². The SMILES string of the molecule is S=C1CCc2ccccc2CCO1. The number of aryl methyl sites for hydroxylation is 1. The molecular formula is C11H12OS. The molecule has 0 fully saturated rings. The quantitative estimate of drug-likeness (QED) is 0.584. The third-order valence-corrected chi connectivity index (χ3v) is 2.67. The lowest BCUT2D eigenvalue weighted by molar-refractivity contribution is 0.305. The maximum atomic E-state index is 5.37. The van der Waals surface area contributed by atoms with Gasteiger partial charge in [-0.15, -0.1) is 0 Å². The van der Waals surface area contributed by atoms with Crippen LogP contribution in [0.2, 0.25) is 0 Å². The number of hydrogen-bond donors (Lipinski definition) is 0. The topological polar surface area (TPSA) is 9.23 Å². The van der Waals surface area contributed by atoms with Crippen LogP contribution in [0.4, 0.5) is 0 Å². The second-order valence-corrected chi connectivity index (χ2v) is 3.69. The van der Waals surface area contributed by atoms with Crippen LogP contribution in [0.5, 0.6) is 0 Å². The number of benzene rings is 1. The average molecular weight is 192 g/mol. The van der Waals surface area contributed by atoms with Crippen LogP contribution in [0.3, 0.4) is 0 Å². The third-order valence-electron chi connectivity index (χ3n) is 2.35. The summed E-state index contributed by atoms with van der Waals surface area (Å²) >= 11 is 5.06. The van der Waals surface area contributed by atoms with E-state index in [4.69, 9.17) is 17.0 Å². The fourth-order valence-corrected chi connectivity index (χ4v) is 1.81. The summed E-state index contributed by atoms with van der Waals surface area (Å²) in [5.41, 5.74) is 2.83. The molecule has 0 aromatic heterocycles. The predicted octanol–water partition coefficient (Wildman–Crippen LogP) is 2.52. The minimum atomic E-state index is 0.732. The Morgan fingerprint density at radius 2 is 1.69 bits per heavy atom. The van der Waals surface area contributed by atoms with E-state index in [0.717, 1.165) is 30.9 Å². The highest BCUT2D eigenvalue weighted by Gasteiger charge is 2.08. The molecule has 0 N–H and O–H groups in total. The highest BCUT2D eigenvalue weighted by Crippen LogP contribution is 2.15. The fourth-order valence-electron chi connectivity index (χ4n) is 1.63. The molecule has 1 heterocycles. The monoisotopic (exact) mass is 192 g/mol. The van der Waals surface area contributed by atoms with Gasteiger partial charge in [0, 0.05) is 12.8 Å². The molecule has 2 rings (SSSR count). The summed E-state index contributed by atoms with van der Waals surface area (Å²) in [6.45, 7) is 0.732.